The van der Waals surface area contributed by atoms with Crippen molar-refractivity contribution in [3.63, 3.8) is 0 Å². The van der Waals surface area contributed by atoms with Crippen molar-refractivity contribution in [2.24, 2.45) is 0 Å². The molecule has 6 heteroatoms. The number of hydrogen-bond acceptors (Lipinski definition) is 3. The number of nitrogens with one attached hydrogen (secondary N) is 2. The summed E-state index contributed by atoms with van der Waals surface area (Å²) in [5, 5.41) is 7.19. The molecule has 1 heterocycles. The molecule has 1 saturated heterocycles. The van der Waals surface area contributed by atoms with E-state index in [9.17, 15) is 4.79 Å². The van der Waals surface area contributed by atoms with Gasteiger partial charge in [0.1, 0.15) is 0 Å². The highest BCUT2D eigenvalue weighted by atomic mass is 35.5. The molecule has 2 aliphatic rings. The zero-order valence-corrected chi connectivity index (χ0v) is 14.7. The molecule has 0 bridgehead atoms. The molecule has 1 amide bonds. The molecule has 2 fully saturated rings. The molecule has 2 N–H and O–H groups in total. The molecule has 0 radical (unpaired) electrons. The van der Waals surface area contributed by atoms with Gasteiger partial charge in [-0.15, -0.1) is 12.4 Å². The Morgan fingerprint density at radius 2 is 2.09 bits per heavy atom. The van der Waals surface area contributed by atoms with E-state index in [0.717, 1.165) is 31.0 Å². The first kappa shape index (κ1) is 18.5. The van der Waals surface area contributed by atoms with Crippen molar-refractivity contribution in [1.29, 1.82) is 0 Å². The molecule has 1 atom stereocenters. The lowest BCUT2D eigenvalue weighted by Crippen LogP contribution is -2.48. The van der Waals surface area contributed by atoms with Crippen molar-refractivity contribution < 1.29 is 9.53 Å². The van der Waals surface area contributed by atoms with Gasteiger partial charge < -0.3 is 15.4 Å². The molecule has 1 saturated carbocycles. The first-order chi connectivity index (χ1) is 10.7. The third kappa shape index (κ3) is 4.60. The Morgan fingerprint density at radius 3 is 2.65 bits per heavy atom. The molecule has 1 aromatic rings. The van der Waals surface area contributed by atoms with Crippen LogP contribution in [-0.2, 0) is 14.9 Å². The number of hydrogen-bond donors (Lipinski definition) is 2. The summed E-state index contributed by atoms with van der Waals surface area (Å²) >= 11 is 5.97. The van der Waals surface area contributed by atoms with E-state index in [-0.39, 0.29) is 29.8 Å². The highest BCUT2D eigenvalue weighted by molar-refractivity contribution is 6.30. The van der Waals surface area contributed by atoms with E-state index in [1.165, 1.54) is 12.0 Å². The maximum absolute atomic E-state index is 12.2. The Bertz CT molecular complexity index is 512. The number of carbonyl (C=O) groups excluding carboxylic acids is 1. The van der Waals surface area contributed by atoms with E-state index in [1.54, 1.807) is 0 Å². The van der Waals surface area contributed by atoms with Crippen LogP contribution in [-0.4, -0.2) is 38.3 Å². The van der Waals surface area contributed by atoms with Gasteiger partial charge in [0.25, 0.3) is 0 Å². The van der Waals surface area contributed by atoms with Gasteiger partial charge in [-0.2, -0.15) is 0 Å². The normalized spacial score (nSPS) is 22.6. The lowest BCUT2D eigenvalue weighted by molar-refractivity contribution is -0.122. The third-order valence-corrected chi connectivity index (χ3v) is 5.07. The van der Waals surface area contributed by atoms with Crippen molar-refractivity contribution in [2.75, 3.05) is 26.3 Å². The summed E-state index contributed by atoms with van der Waals surface area (Å²) in [4.78, 5) is 12.2. The van der Waals surface area contributed by atoms with Gasteiger partial charge in [0.2, 0.25) is 5.91 Å². The molecule has 3 rings (SSSR count). The van der Waals surface area contributed by atoms with Crippen LogP contribution in [0.3, 0.4) is 0 Å². The predicted octanol–water partition coefficient (Wildman–Crippen LogP) is 2.68. The van der Waals surface area contributed by atoms with E-state index in [2.05, 4.69) is 22.8 Å². The first-order valence-corrected chi connectivity index (χ1v) is 8.40. The van der Waals surface area contributed by atoms with Crippen LogP contribution in [0.15, 0.2) is 24.3 Å². The van der Waals surface area contributed by atoms with Gasteiger partial charge in [0.05, 0.1) is 13.2 Å². The Hall–Kier alpha value is -0.810. The maximum Gasteiger partial charge on any atom is 0.221 e. The van der Waals surface area contributed by atoms with Gasteiger partial charge in [0, 0.05) is 36.0 Å². The summed E-state index contributed by atoms with van der Waals surface area (Å²) in [5.74, 6) is 0.100. The van der Waals surface area contributed by atoms with E-state index >= 15 is 0 Å². The minimum Gasteiger partial charge on any atom is -0.378 e. The van der Waals surface area contributed by atoms with Crippen molar-refractivity contribution in [1.82, 2.24) is 10.6 Å². The number of carbonyl (C=O) groups is 1. The monoisotopic (exact) mass is 358 g/mol. The fraction of sp³-hybridized carbons (Fsp3) is 0.588. The smallest absolute Gasteiger partial charge is 0.221 e. The average Bonchev–Trinajstić information content (AvgIpc) is 2.49. The van der Waals surface area contributed by atoms with E-state index in [4.69, 9.17) is 16.3 Å². The van der Waals surface area contributed by atoms with Gasteiger partial charge in [-0.25, -0.2) is 0 Å². The molecule has 1 unspecified atom stereocenters. The molecule has 0 aromatic heterocycles. The average molecular weight is 359 g/mol. The lowest BCUT2D eigenvalue weighted by atomic mass is 9.64. The summed E-state index contributed by atoms with van der Waals surface area (Å²) in [5.41, 5.74) is 1.37. The van der Waals surface area contributed by atoms with Crippen molar-refractivity contribution in [3.05, 3.63) is 34.9 Å². The van der Waals surface area contributed by atoms with Gasteiger partial charge in [-0.1, -0.05) is 30.2 Å². The van der Waals surface area contributed by atoms with Crippen LogP contribution in [0, 0.1) is 0 Å². The zero-order chi connectivity index (χ0) is 15.4. The SMILES string of the molecule is Cl.O=C(CC1COCCN1)NCC1(c2ccc(Cl)cc2)CCC1. The molecular formula is C17H24Cl2N2O2. The van der Waals surface area contributed by atoms with Crippen LogP contribution in [0.25, 0.3) is 0 Å². The van der Waals surface area contributed by atoms with Crippen LogP contribution in [0.2, 0.25) is 5.02 Å². The summed E-state index contributed by atoms with van der Waals surface area (Å²) in [6, 6.07) is 8.18. The van der Waals surface area contributed by atoms with Gasteiger partial charge in [-0.3, -0.25) is 4.79 Å². The van der Waals surface area contributed by atoms with Crippen LogP contribution in [0.5, 0.6) is 0 Å². The molecule has 0 spiro atoms. The fourth-order valence-corrected chi connectivity index (χ4v) is 3.42. The second-order valence-corrected chi connectivity index (χ2v) is 6.78. The Morgan fingerprint density at radius 1 is 1.35 bits per heavy atom. The molecular weight excluding hydrogens is 335 g/mol. The highest BCUT2D eigenvalue weighted by Crippen LogP contribution is 2.43. The van der Waals surface area contributed by atoms with E-state index < -0.39 is 0 Å². The van der Waals surface area contributed by atoms with Crippen molar-refractivity contribution in [3.8, 4) is 0 Å². The van der Waals surface area contributed by atoms with Gasteiger partial charge >= 0.3 is 0 Å². The molecule has 1 aromatic carbocycles. The largest absolute Gasteiger partial charge is 0.378 e. The number of ether oxygens (including phenoxy) is 1. The van der Waals surface area contributed by atoms with E-state index in [0.29, 0.717) is 19.6 Å². The van der Waals surface area contributed by atoms with Crippen molar-refractivity contribution >= 4 is 29.9 Å². The second-order valence-electron chi connectivity index (χ2n) is 6.35. The quantitative estimate of drug-likeness (QED) is 0.850. The number of amides is 1. The van der Waals surface area contributed by atoms with Crippen molar-refractivity contribution in [2.45, 2.75) is 37.1 Å². The maximum atomic E-state index is 12.2. The fourth-order valence-electron chi connectivity index (χ4n) is 3.29. The van der Waals surface area contributed by atoms with Crippen LogP contribution < -0.4 is 10.6 Å². The van der Waals surface area contributed by atoms with Crippen LogP contribution in [0.4, 0.5) is 0 Å². The molecule has 128 valence electrons. The minimum atomic E-state index is 0. The highest BCUT2D eigenvalue weighted by Gasteiger charge is 2.38. The van der Waals surface area contributed by atoms with Crippen LogP contribution >= 0.6 is 24.0 Å². The molecule has 23 heavy (non-hydrogen) atoms. The Labute approximate surface area is 148 Å². The number of rotatable bonds is 5. The Balaban J connectivity index is 0.00000192. The van der Waals surface area contributed by atoms with Crippen LogP contribution in [0.1, 0.15) is 31.2 Å². The van der Waals surface area contributed by atoms with E-state index in [1.807, 2.05) is 12.1 Å². The third-order valence-electron chi connectivity index (χ3n) is 4.82. The molecule has 4 nitrogen and oxygen atoms in total. The Kier molecular flexibility index (Phi) is 6.72. The predicted molar refractivity (Wildman–Crippen MR) is 94.5 cm³/mol. The van der Waals surface area contributed by atoms with Gasteiger partial charge in [-0.05, 0) is 30.5 Å². The zero-order valence-electron chi connectivity index (χ0n) is 13.1. The molecule has 1 aliphatic carbocycles. The summed E-state index contributed by atoms with van der Waals surface area (Å²) in [7, 11) is 0. The number of halogens is 2. The molecule has 1 aliphatic heterocycles. The number of morpholine rings is 1. The lowest BCUT2D eigenvalue weighted by Gasteiger charge is -2.42. The van der Waals surface area contributed by atoms with Gasteiger partial charge in [0.15, 0.2) is 0 Å². The number of benzene rings is 1. The first-order valence-electron chi connectivity index (χ1n) is 8.02. The summed E-state index contributed by atoms with van der Waals surface area (Å²) in [6.07, 6.45) is 3.95. The summed E-state index contributed by atoms with van der Waals surface area (Å²) in [6.45, 7) is 2.89. The second kappa shape index (κ2) is 8.34. The standard InChI is InChI=1S/C17H23ClN2O2.ClH/c18-14-4-2-13(3-5-14)17(6-1-7-17)12-20-16(21)10-15-11-22-9-8-19-15;/h2-5,15,19H,1,6-12H2,(H,20,21);1H. The topological polar surface area (TPSA) is 50.4 Å². The minimum absolute atomic E-state index is 0. The summed E-state index contributed by atoms with van der Waals surface area (Å²) < 4.78 is 5.39.